The van der Waals surface area contributed by atoms with E-state index in [2.05, 4.69) is 5.32 Å². The van der Waals surface area contributed by atoms with Crippen LogP contribution in [0.15, 0.2) is 0 Å². The zero-order valence-electron chi connectivity index (χ0n) is 9.30. The lowest BCUT2D eigenvalue weighted by molar-refractivity contribution is 0.143. The molecule has 0 aromatic carbocycles. The van der Waals surface area contributed by atoms with Crippen molar-refractivity contribution in [1.29, 1.82) is 0 Å². The van der Waals surface area contributed by atoms with Crippen molar-refractivity contribution in [2.75, 3.05) is 19.8 Å². The maximum absolute atomic E-state index is 6.03. The first-order chi connectivity index (χ1) is 6.84. The van der Waals surface area contributed by atoms with Crippen LogP contribution in [0.4, 0.5) is 0 Å². The van der Waals surface area contributed by atoms with Gasteiger partial charge in [-0.05, 0) is 32.7 Å². The maximum Gasteiger partial charge on any atom is 0.0477 e. The Morgan fingerprint density at radius 3 is 2.86 bits per heavy atom. The predicted molar refractivity (Wildman–Crippen MR) is 59.3 cm³/mol. The third-order valence-electron chi connectivity index (χ3n) is 2.90. The molecule has 3 N–H and O–H groups in total. The Morgan fingerprint density at radius 1 is 1.36 bits per heavy atom. The average Bonchev–Trinajstić information content (AvgIpc) is 2.20. The van der Waals surface area contributed by atoms with E-state index < -0.39 is 0 Å². The lowest BCUT2D eigenvalue weighted by Crippen LogP contribution is -2.47. The molecule has 3 heteroatoms. The average molecular weight is 200 g/mol. The van der Waals surface area contributed by atoms with Gasteiger partial charge in [0.15, 0.2) is 0 Å². The molecule has 2 atom stereocenters. The van der Waals surface area contributed by atoms with Crippen molar-refractivity contribution < 1.29 is 4.74 Å². The van der Waals surface area contributed by atoms with E-state index in [0.717, 1.165) is 26.2 Å². The highest BCUT2D eigenvalue weighted by molar-refractivity contribution is 4.83. The number of nitrogens with two attached hydrogens (primary N) is 1. The van der Waals surface area contributed by atoms with Crippen LogP contribution in [-0.4, -0.2) is 31.8 Å². The number of hydrogen-bond donors (Lipinski definition) is 2. The fourth-order valence-corrected chi connectivity index (χ4v) is 2.02. The van der Waals surface area contributed by atoms with Crippen LogP contribution in [0.5, 0.6) is 0 Å². The summed E-state index contributed by atoms with van der Waals surface area (Å²) in [6.45, 7) is 4.76. The molecule has 0 spiro atoms. The minimum absolute atomic E-state index is 0.371. The molecule has 1 saturated carbocycles. The molecule has 1 aliphatic rings. The molecule has 0 aliphatic heterocycles. The van der Waals surface area contributed by atoms with E-state index in [-0.39, 0.29) is 0 Å². The molecule has 0 aromatic heterocycles. The third kappa shape index (κ3) is 4.40. The minimum Gasteiger partial charge on any atom is -0.382 e. The van der Waals surface area contributed by atoms with Gasteiger partial charge in [0.25, 0.3) is 0 Å². The molecule has 1 rings (SSSR count). The zero-order valence-corrected chi connectivity index (χ0v) is 9.30. The second-order valence-corrected chi connectivity index (χ2v) is 4.06. The minimum atomic E-state index is 0.371. The second kappa shape index (κ2) is 7.21. The van der Waals surface area contributed by atoms with Crippen molar-refractivity contribution in [2.45, 2.75) is 51.1 Å². The summed E-state index contributed by atoms with van der Waals surface area (Å²) in [5.41, 5.74) is 6.03. The summed E-state index contributed by atoms with van der Waals surface area (Å²) >= 11 is 0. The molecule has 1 aliphatic carbocycles. The van der Waals surface area contributed by atoms with Gasteiger partial charge >= 0.3 is 0 Å². The van der Waals surface area contributed by atoms with Gasteiger partial charge in [-0.2, -0.15) is 0 Å². The van der Waals surface area contributed by atoms with E-state index >= 15 is 0 Å². The molecule has 0 unspecified atom stereocenters. The number of ether oxygens (including phenoxy) is 1. The number of nitrogens with one attached hydrogen (secondary N) is 1. The lowest BCUT2D eigenvalue weighted by atomic mass is 9.91. The SMILES string of the molecule is CCOCCCN[C@@H]1CCCC[C@H]1N. The van der Waals surface area contributed by atoms with Gasteiger partial charge in [0.2, 0.25) is 0 Å². The zero-order chi connectivity index (χ0) is 10.2. The molecular formula is C11H24N2O. The predicted octanol–water partition coefficient (Wildman–Crippen LogP) is 1.27. The molecule has 0 amide bonds. The van der Waals surface area contributed by atoms with E-state index in [0.29, 0.717) is 12.1 Å². The summed E-state index contributed by atoms with van der Waals surface area (Å²) in [7, 11) is 0. The van der Waals surface area contributed by atoms with Gasteiger partial charge in [-0.3, -0.25) is 0 Å². The molecule has 0 saturated heterocycles. The largest absolute Gasteiger partial charge is 0.382 e. The Kier molecular flexibility index (Phi) is 6.15. The second-order valence-electron chi connectivity index (χ2n) is 4.06. The van der Waals surface area contributed by atoms with Crippen molar-refractivity contribution in [3.63, 3.8) is 0 Å². The molecular weight excluding hydrogens is 176 g/mol. The van der Waals surface area contributed by atoms with Crippen LogP contribution in [0.2, 0.25) is 0 Å². The van der Waals surface area contributed by atoms with Gasteiger partial charge in [-0.25, -0.2) is 0 Å². The fourth-order valence-electron chi connectivity index (χ4n) is 2.02. The van der Waals surface area contributed by atoms with Gasteiger partial charge in [0.05, 0.1) is 0 Å². The van der Waals surface area contributed by atoms with Gasteiger partial charge in [0.1, 0.15) is 0 Å². The van der Waals surface area contributed by atoms with Crippen LogP contribution in [-0.2, 0) is 4.74 Å². The van der Waals surface area contributed by atoms with E-state index in [1.807, 2.05) is 6.92 Å². The molecule has 0 heterocycles. The van der Waals surface area contributed by atoms with Crippen molar-refractivity contribution in [2.24, 2.45) is 5.73 Å². The molecule has 84 valence electrons. The summed E-state index contributed by atoms with van der Waals surface area (Å²) in [4.78, 5) is 0. The van der Waals surface area contributed by atoms with Crippen molar-refractivity contribution in [3.05, 3.63) is 0 Å². The first-order valence-electron chi connectivity index (χ1n) is 5.91. The number of hydrogen-bond acceptors (Lipinski definition) is 3. The van der Waals surface area contributed by atoms with Crippen LogP contribution in [0.25, 0.3) is 0 Å². The molecule has 0 radical (unpaired) electrons. The first kappa shape index (κ1) is 12.0. The smallest absolute Gasteiger partial charge is 0.0477 e. The highest BCUT2D eigenvalue weighted by atomic mass is 16.5. The van der Waals surface area contributed by atoms with E-state index in [4.69, 9.17) is 10.5 Å². The Hall–Kier alpha value is -0.120. The highest BCUT2D eigenvalue weighted by Gasteiger charge is 2.20. The van der Waals surface area contributed by atoms with E-state index in [1.54, 1.807) is 0 Å². The Balaban J connectivity index is 1.99. The van der Waals surface area contributed by atoms with Crippen molar-refractivity contribution in [1.82, 2.24) is 5.32 Å². The summed E-state index contributed by atoms with van der Waals surface area (Å²) in [6.07, 6.45) is 6.16. The number of rotatable bonds is 6. The lowest BCUT2D eigenvalue weighted by Gasteiger charge is -2.29. The molecule has 0 bridgehead atoms. The standard InChI is InChI=1S/C11H24N2O/c1-2-14-9-5-8-13-11-7-4-3-6-10(11)12/h10-11,13H,2-9,12H2,1H3/t10-,11-/m1/s1. The summed E-state index contributed by atoms with van der Waals surface area (Å²) in [5.74, 6) is 0. The third-order valence-corrected chi connectivity index (χ3v) is 2.90. The Bertz CT molecular complexity index is 141. The fraction of sp³-hybridized carbons (Fsp3) is 1.00. The van der Waals surface area contributed by atoms with Crippen LogP contribution in [0.3, 0.4) is 0 Å². The molecule has 1 fully saturated rings. The van der Waals surface area contributed by atoms with Crippen LogP contribution >= 0.6 is 0 Å². The summed E-state index contributed by atoms with van der Waals surface area (Å²) in [5, 5.41) is 3.53. The highest BCUT2D eigenvalue weighted by Crippen LogP contribution is 2.16. The van der Waals surface area contributed by atoms with E-state index in [9.17, 15) is 0 Å². The van der Waals surface area contributed by atoms with E-state index in [1.165, 1.54) is 25.7 Å². The quantitative estimate of drug-likeness (QED) is 0.635. The van der Waals surface area contributed by atoms with Gasteiger partial charge in [-0.15, -0.1) is 0 Å². The van der Waals surface area contributed by atoms with Crippen LogP contribution < -0.4 is 11.1 Å². The molecule has 0 aromatic rings. The Morgan fingerprint density at radius 2 is 2.14 bits per heavy atom. The van der Waals surface area contributed by atoms with Gasteiger partial charge < -0.3 is 15.8 Å². The van der Waals surface area contributed by atoms with Crippen molar-refractivity contribution in [3.8, 4) is 0 Å². The first-order valence-corrected chi connectivity index (χ1v) is 5.91. The summed E-state index contributed by atoms with van der Waals surface area (Å²) in [6, 6.07) is 0.918. The topological polar surface area (TPSA) is 47.3 Å². The monoisotopic (exact) mass is 200 g/mol. The van der Waals surface area contributed by atoms with Crippen molar-refractivity contribution >= 4 is 0 Å². The van der Waals surface area contributed by atoms with Crippen LogP contribution in [0, 0.1) is 0 Å². The normalized spacial score (nSPS) is 27.9. The summed E-state index contributed by atoms with van der Waals surface area (Å²) < 4.78 is 5.28. The van der Waals surface area contributed by atoms with Crippen LogP contribution in [0.1, 0.15) is 39.0 Å². The maximum atomic E-state index is 6.03. The van der Waals surface area contributed by atoms with Gasteiger partial charge in [0, 0.05) is 25.3 Å². The molecule has 14 heavy (non-hydrogen) atoms. The molecule has 3 nitrogen and oxygen atoms in total. The Labute approximate surface area is 87.4 Å². The van der Waals surface area contributed by atoms with Gasteiger partial charge in [-0.1, -0.05) is 12.8 Å².